The minimum Gasteiger partial charge on any atom is -0.848 e. The van der Waals surface area contributed by atoms with Crippen LogP contribution in [0.5, 0.6) is 0 Å². The highest BCUT2D eigenvalue weighted by Gasteiger charge is 2.27. The maximum atomic E-state index is 11.9. The Morgan fingerprint density at radius 3 is 2.47 bits per heavy atom. The lowest BCUT2D eigenvalue weighted by atomic mass is 9.83. The van der Waals surface area contributed by atoms with Crippen molar-refractivity contribution in [2.24, 2.45) is 5.92 Å². The Morgan fingerprint density at radius 2 is 1.76 bits per heavy atom. The molecule has 2 rings (SSSR count). The van der Waals surface area contributed by atoms with Crippen LogP contribution in [0.15, 0.2) is 0 Å². The van der Waals surface area contributed by atoms with E-state index in [1.165, 1.54) is 38.5 Å². The molecule has 2 aliphatic rings. The van der Waals surface area contributed by atoms with Crippen molar-refractivity contribution in [3.05, 3.63) is 0 Å². The first-order valence-electron chi connectivity index (χ1n) is 7.41. The van der Waals surface area contributed by atoms with Gasteiger partial charge in [0, 0.05) is 6.42 Å². The van der Waals surface area contributed by atoms with Gasteiger partial charge in [-0.2, -0.15) is 0 Å². The van der Waals surface area contributed by atoms with Gasteiger partial charge in [-0.1, -0.05) is 44.6 Å². The van der Waals surface area contributed by atoms with Gasteiger partial charge in [-0.3, -0.25) is 0 Å². The van der Waals surface area contributed by atoms with Gasteiger partial charge < -0.3 is 15.5 Å². The molecule has 1 saturated heterocycles. The van der Waals surface area contributed by atoms with E-state index >= 15 is 0 Å². The molecule has 3 unspecified atom stereocenters. The molecule has 0 spiro atoms. The zero-order valence-corrected chi connectivity index (χ0v) is 10.8. The maximum Gasteiger partial charge on any atom is 0.109 e. The van der Waals surface area contributed by atoms with Crippen LogP contribution >= 0.6 is 0 Å². The molecule has 1 aliphatic carbocycles. The second kappa shape index (κ2) is 6.72. The molecule has 0 amide bonds. The summed E-state index contributed by atoms with van der Waals surface area (Å²) in [5, 5.41) is 23.2. The van der Waals surface area contributed by atoms with Gasteiger partial charge >= 0.3 is 0 Å². The topological polar surface area (TPSA) is 59.9 Å². The molecule has 0 bridgehead atoms. The van der Waals surface area contributed by atoms with Crippen molar-refractivity contribution in [1.82, 2.24) is 0 Å². The van der Waals surface area contributed by atoms with Crippen LogP contribution in [0.1, 0.15) is 57.8 Å². The van der Waals surface area contributed by atoms with Gasteiger partial charge in [-0.05, 0) is 18.8 Å². The fraction of sp³-hybridized carbons (Fsp3) is 1.00. The van der Waals surface area contributed by atoms with Crippen LogP contribution in [0.3, 0.4) is 0 Å². The van der Waals surface area contributed by atoms with Gasteiger partial charge in [0.15, 0.2) is 0 Å². The summed E-state index contributed by atoms with van der Waals surface area (Å²) in [4.78, 5) is 0. The molecule has 3 heteroatoms. The Balaban J connectivity index is 1.72. The molecule has 3 nitrogen and oxygen atoms in total. The highest BCUT2D eigenvalue weighted by atomic mass is 16.3. The molecule has 2 fully saturated rings. The molecule has 17 heavy (non-hydrogen) atoms. The third kappa shape index (κ3) is 3.94. The van der Waals surface area contributed by atoms with E-state index in [1.54, 1.807) is 0 Å². The number of nitrogens with two attached hydrogens (primary N) is 1. The van der Waals surface area contributed by atoms with Crippen LogP contribution in [0.4, 0.5) is 0 Å². The van der Waals surface area contributed by atoms with Crippen molar-refractivity contribution in [3.8, 4) is 0 Å². The highest BCUT2D eigenvalue weighted by molar-refractivity contribution is 4.75. The quantitative estimate of drug-likeness (QED) is 0.737. The Morgan fingerprint density at radius 1 is 1.00 bits per heavy atom. The summed E-state index contributed by atoms with van der Waals surface area (Å²) in [6.07, 6.45) is 10.5. The first-order valence-corrected chi connectivity index (χ1v) is 7.41. The lowest BCUT2D eigenvalue weighted by Crippen LogP contribution is -3.00. The maximum absolute atomic E-state index is 11.9. The molecule has 3 N–H and O–H groups in total. The average molecular weight is 241 g/mol. The van der Waals surface area contributed by atoms with Crippen LogP contribution in [0, 0.1) is 5.92 Å². The van der Waals surface area contributed by atoms with Gasteiger partial charge in [0.2, 0.25) is 0 Å². The number of hydrogen-bond acceptors (Lipinski definition) is 2. The van der Waals surface area contributed by atoms with Gasteiger partial charge in [-0.15, -0.1) is 0 Å². The average Bonchev–Trinajstić information content (AvgIpc) is 2.39. The lowest BCUT2D eigenvalue weighted by molar-refractivity contribution is -0.757. The molecular formula is C14H27NO2. The number of hydrogen-bond donors (Lipinski definition) is 2. The van der Waals surface area contributed by atoms with E-state index in [9.17, 15) is 10.2 Å². The van der Waals surface area contributed by atoms with Crippen LogP contribution in [0.25, 0.3) is 0 Å². The molecular weight excluding hydrogens is 214 g/mol. The monoisotopic (exact) mass is 241 g/mol. The second-order valence-electron chi connectivity index (χ2n) is 6.00. The lowest BCUT2D eigenvalue weighted by Gasteiger charge is -2.38. The number of aliphatic hydroxyl groups is 1. The second-order valence-corrected chi connectivity index (χ2v) is 6.00. The third-order valence-corrected chi connectivity index (χ3v) is 4.69. The largest absolute Gasteiger partial charge is 0.848 e. The summed E-state index contributed by atoms with van der Waals surface area (Å²) in [5.74, 6) is 0.874. The van der Waals surface area contributed by atoms with E-state index in [0.29, 0.717) is 0 Å². The zero-order chi connectivity index (χ0) is 12.1. The van der Waals surface area contributed by atoms with Gasteiger partial charge in [0.05, 0.1) is 12.6 Å². The first kappa shape index (κ1) is 13.3. The number of rotatable bonds is 4. The molecule has 1 saturated carbocycles. The summed E-state index contributed by atoms with van der Waals surface area (Å²) in [6.45, 7) is 0.229. The van der Waals surface area contributed by atoms with Crippen LogP contribution in [-0.2, 0) is 0 Å². The van der Waals surface area contributed by atoms with E-state index in [1.807, 2.05) is 0 Å². The molecule has 1 aliphatic heterocycles. The zero-order valence-electron chi connectivity index (χ0n) is 10.8. The Kier molecular flexibility index (Phi) is 5.26. The number of quaternary nitrogens is 1. The molecule has 3 atom stereocenters. The van der Waals surface area contributed by atoms with Gasteiger partial charge in [0.25, 0.3) is 0 Å². The summed E-state index contributed by atoms with van der Waals surface area (Å²) in [6, 6.07) is 0.513. The SMILES string of the molecule is [O-]C1CCC(CO)[NH2+]C1CCC1CCCCC1. The predicted molar refractivity (Wildman–Crippen MR) is 65.4 cm³/mol. The van der Waals surface area contributed by atoms with Gasteiger partial charge in [-0.25, -0.2) is 0 Å². The van der Waals surface area contributed by atoms with Crippen molar-refractivity contribution >= 4 is 0 Å². The van der Waals surface area contributed by atoms with E-state index in [2.05, 4.69) is 5.32 Å². The van der Waals surface area contributed by atoms with Crippen LogP contribution in [0.2, 0.25) is 0 Å². The molecule has 1 heterocycles. The van der Waals surface area contributed by atoms with E-state index < -0.39 is 6.10 Å². The molecule has 0 aromatic heterocycles. The van der Waals surface area contributed by atoms with Crippen LogP contribution < -0.4 is 10.4 Å². The van der Waals surface area contributed by atoms with Crippen molar-refractivity contribution < 1.29 is 15.5 Å². The minimum atomic E-state index is -0.401. The van der Waals surface area contributed by atoms with E-state index in [4.69, 9.17) is 0 Å². The molecule has 100 valence electrons. The molecule has 0 radical (unpaired) electrons. The van der Waals surface area contributed by atoms with Crippen LogP contribution in [-0.4, -0.2) is 29.9 Å². The Hall–Kier alpha value is -0.120. The summed E-state index contributed by atoms with van der Waals surface area (Å²) >= 11 is 0. The van der Waals surface area contributed by atoms with Crippen molar-refractivity contribution in [2.45, 2.75) is 76.0 Å². The smallest absolute Gasteiger partial charge is 0.109 e. The Labute approximate surface area is 105 Å². The first-order chi connectivity index (χ1) is 8.29. The normalized spacial score (nSPS) is 36.0. The van der Waals surface area contributed by atoms with Crippen molar-refractivity contribution in [2.75, 3.05) is 6.61 Å². The molecule has 0 aromatic carbocycles. The Bertz CT molecular complexity index is 216. The van der Waals surface area contributed by atoms with Gasteiger partial charge in [0.1, 0.15) is 6.04 Å². The summed E-state index contributed by atoms with van der Waals surface area (Å²) in [5.41, 5.74) is 0. The minimum absolute atomic E-state index is 0.225. The fourth-order valence-electron chi connectivity index (χ4n) is 3.50. The number of aliphatic hydroxyl groups excluding tert-OH is 1. The summed E-state index contributed by atoms with van der Waals surface area (Å²) in [7, 11) is 0. The van der Waals surface area contributed by atoms with Crippen molar-refractivity contribution in [3.63, 3.8) is 0 Å². The third-order valence-electron chi connectivity index (χ3n) is 4.69. The highest BCUT2D eigenvalue weighted by Crippen LogP contribution is 2.28. The standard InChI is InChI=1S/C14H26NO2/c16-10-12-7-9-14(17)13(15-12)8-6-11-4-2-1-3-5-11/h11-16H,1-10H2/q-1/p+1. The predicted octanol–water partition coefficient (Wildman–Crippen LogP) is 0.163. The number of piperidine rings is 1. The molecule has 0 aromatic rings. The summed E-state index contributed by atoms with van der Waals surface area (Å²) < 4.78 is 0. The van der Waals surface area contributed by atoms with E-state index in [0.717, 1.165) is 25.2 Å². The fourth-order valence-corrected chi connectivity index (χ4v) is 3.50. The van der Waals surface area contributed by atoms with Crippen molar-refractivity contribution in [1.29, 1.82) is 0 Å². The van der Waals surface area contributed by atoms with E-state index in [-0.39, 0.29) is 18.7 Å².